The van der Waals surface area contributed by atoms with Gasteiger partial charge in [0.25, 0.3) is 0 Å². The third-order valence-corrected chi connectivity index (χ3v) is 4.06. The second-order valence-electron chi connectivity index (χ2n) is 4.07. The van der Waals surface area contributed by atoms with Crippen LogP contribution in [0.1, 0.15) is 17.2 Å². The lowest BCUT2D eigenvalue weighted by molar-refractivity contribution is 0.612. The fraction of sp³-hybridized carbons (Fsp3) is 0.143. The Morgan fingerprint density at radius 3 is 1.63 bits per heavy atom. The van der Waals surface area contributed by atoms with Gasteiger partial charge in [0.2, 0.25) is 0 Å². The van der Waals surface area contributed by atoms with Gasteiger partial charge in [0.05, 0.1) is 15.0 Å². The number of nitrogens with one attached hydrogen (secondary N) is 1. The normalized spacial score (nSPS) is 11.1. The summed E-state index contributed by atoms with van der Waals surface area (Å²) in [5, 5.41) is 3.14. The fourth-order valence-corrected chi connectivity index (χ4v) is 2.70. The minimum atomic E-state index is -0.307. The summed E-state index contributed by atoms with van der Waals surface area (Å²) < 4.78 is 27.3. The Morgan fingerprint density at radius 1 is 0.895 bits per heavy atom. The average molecular weight is 391 g/mol. The molecule has 0 aliphatic rings. The molecule has 0 aromatic heterocycles. The summed E-state index contributed by atoms with van der Waals surface area (Å²) >= 11 is 6.34. The third-order valence-electron chi connectivity index (χ3n) is 2.84. The van der Waals surface area contributed by atoms with Crippen molar-refractivity contribution < 1.29 is 8.78 Å². The van der Waals surface area contributed by atoms with Crippen LogP contribution in [0.4, 0.5) is 8.78 Å². The van der Waals surface area contributed by atoms with E-state index in [0.29, 0.717) is 8.95 Å². The van der Waals surface area contributed by atoms with Gasteiger partial charge in [0, 0.05) is 0 Å². The highest BCUT2D eigenvalue weighted by Gasteiger charge is 2.14. The minimum Gasteiger partial charge on any atom is -0.309 e. The van der Waals surface area contributed by atoms with E-state index in [2.05, 4.69) is 37.2 Å². The maximum atomic E-state index is 13.3. The molecule has 19 heavy (non-hydrogen) atoms. The van der Waals surface area contributed by atoms with Gasteiger partial charge in [0.15, 0.2) is 0 Å². The minimum absolute atomic E-state index is 0.131. The molecule has 2 rings (SSSR count). The molecule has 0 amide bonds. The van der Waals surface area contributed by atoms with Gasteiger partial charge in [-0.05, 0) is 74.3 Å². The number of hydrogen-bond acceptors (Lipinski definition) is 1. The topological polar surface area (TPSA) is 12.0 Å². The summed E-state index contributed by atoms with van der Waals surface area (Å²) in [6, 6.07) is 9.53. The van der Waals surface area contributed by atoms with Gasteiger partial charge in [0.1, 0.15) is 11.6 Å². The second-order valence-corrected chi connectivity index (χ2v) is 5.78. The molecule has 5 heteroatoms. The van der Waals surface area contributed by atoms with Gasteiger partial charge in [-0.3, -0.25) is 0 Å². The van der Waals surface area contributed by atoms with Crippen molar-refractivity contribution in [2.45, 2.75) is 6.04 Å². The van der Waals surface area contributed by atoms with Crippen molar-refractivity contribution in [3.05, 3.63) is 68.1 Å². The molecule has 1 nitrogen and oxygen atoms in total. The first-order valence-electron chi connectivity index (χ1n) is 5.60. The molecule has 2 aromatic rings. The molecule has 0 radical (unpaired) electrons. The first kappa shape index (κ1) is 14.6. The Kier molecular flexibility index (Phi) is 4.71. The predicted octanol–water partition coefficient (Wildman–Crippen LogP) is 4.80. The van der Waals surface area contributed by atoms with Crippen LogP contribution < -0.4 is 5.32 Å². The maximum Gasteiger partial charge on any atom is 0.137 e. The zero-order chi connectivity index (χ0) is 14.0. The van der Waals surface area contributed by atoms with Crippen molar-refractivity contribution in [2.24, 2.45) is 0 Å². The number of rotatable bonds is 3. The van der Waals surface area contributed by atoms with Gasteiger partial charge in [-0.1, -0.05) is 12.1 Å². The zero-order valence-corrected chi connectivity index (χ0v) is 13.2. The van der Waals surface area contributed by atoms with Crippen molar-refractivity contribution in [3.8, 4) is 0 Å². The van der Waals surface area contributed by atoms with Crippen LogP contribution in [0.2, 0.25) is 0 Å². The molecule has 0 unspecified atom stereocenters. The Balaban J connectivity index is 2.43. The molecular formula is C14H11Br2F2N. The van der Waals surface area contributed by atoms with E-state index in [4.69, 9.17) is 0 Å². The van der Waals surface area contributed by atoms with E-state index in [1.54, 1.807) is 31.3 Å². The SMILES string of the molecule is CNC(c1ccc(F)c(Br)c1)c1ccc(F)c(Br)c1. The molecule has 0 saturated heterocycles. The van der Waals surface area contributed by atoms with E-state index in [0.717, 1.165) is 11.1 Å². The molecule has 0 aliphatic heterocycles. The van der Waals surface area contributed by atoms with Gasteiger partial charge < -0.3 is 5.32 Å². The van der Waals surface area contributed by atoms with Gasteiger partial charge in [-0.2, -0.15) is 0 Å². The Labute approximate surface area is 127 Å². The molecule has 0 aliphatic carbocycles. The predicted molar refractivity (Wildman–Crippen MR) is 79.1 cm³/mol. The summed E-state index contributed by atoms with van der Waals surface area (Å²) in [6.07, 6.45) is 0. The highest BCUT2D eigenvalue weighted by molar-refractivity contribution is 9.10. The van der Waals surface area contributed by atoms with Crippen LogP contribution in [-0.2, 0) is 0 Å². The van der Waals surface area contributed by atoms with Crippen LogP contribution >= 0.6 is 31.9 Å². The summed E-state index contributed by atoms with van der Waals surface area (Å²) in [5.41, 5.74) is 1.79. The molecule has 0 bridgehead atoms. The summed E-state index contributed by atoms with van der Waals surface area (Å²) in [7, 11) is 1.80. The van der Waals surface area contributed by atoms with Crippen molar-refractivity contribution >= 4 is 31.9 Å². The second kappa shape index (κ2) is 6.11. The Morgan fingerprint density at radius 2 is 1.32 bits per heavy atom. The van der Waals surface area contributed by atoms with E-state index in [1.165, 1.54) is 12.1 Å². The molecule has 1 N–H and O–H groups in total. The Hall–Kier alpha value is -0.780. The average Bonchev–Trinajstić information content (AvgIpc) is 2.39. The lowest BCUT2D eigenvalue weighted by Crippen LogP contribution is -2.17. The maximum absolute atomic E-state index is 13.3. The molecule has 0 fully saturated rings. The fourth-order valence-electron chi connectivity index (χ4n) is 1.91. The van der Waals surface area contributed by atoms with Crippen LogP contribution in [0.5, 0.6) is 0 Å². The van der Waals surface area contributed by atoms with Crippen LogP contribution in [0.3, 0.4) is 0 Å². The van der Waals surface area contributed by atoms with Crippen LogP contribution in [-0.4, -0.2) is 7.05 Å². The van der Waals surface area contributed by atoms with E-state index in [1.807, 2.05) is 0 Å². The third kappa shape index (κ3) is 3.22. The van der Waals surface area contributed by atoms with Crippen molar-refractivity contribution in [3.63, 3.8) is 0 Å². The summed E-state index contributed by atoms with van der Waals surface area (Å²) in [5.74, 6) is -0.613. The number of hydrogen-bond donors (Lipinski definition) is 1. The van der Waals surface area contributed by atoms with Crippen LogP contribution in [0, 0.1) is 11.6 Å². The molecule has 100 valence electrons. The molecule has 0 spiro atoms. The van der Waals surface area contributed by atoms with E-state index >= 15 is 0 Å². The monoisotopic (exact) mass is 389 g/mol. The van der Waals surface area contributed by atoms with Crippen LogP contribution in [0.25, 0.3) is 0 Å². The van der Waals surface area contributed by atoms with Gasteiger partial charge in [-0.15, -0.1) is 0 Å². The highest BCUT2D eigenvalue weighted by Crippen LogP contribution is 2.28. The Bertz CT molecular complexity index is 550. The van der Waals surface area contributed by atoms with E-state index in [9.17, 15) is 8.78 Å². The van der Waals surface area contributed by atoms with Crippen molar-refractivity contribution in [1.29, 1.82) is 0 Å². The lowest BCUT2D eigenvalue weighted by atomic mass is 9.99. The molecule has 0 saturated carbocycles. The molecular weight excluding hydrogens is 380 g/mol. The first-order chi connectivity index (χ1) is 9.02. The molecule has 0 atom stereocenters. The molecule has 0 heterocycles. The zero-order valence-electron chi connectivity index (χ0n) is 10.1. The lowest BCUT2D eigenvalue weighted by Gasteiger charge is -2.18. The van der Waals surface area contributed by atoms with Crippen LogP contribution in [0.15, 0.2) is 45.3 Å². The van der Waals surface area contributed by atoms with Gasteiger partial charge in [-0.25, -0.2) is 8.78 Å². The summed E-state index contributed by atoms with van der Waals surface area (Å²) in [4.78, 5) is 0. The summed E-state index contributed by atoms with van der Waals surface area (Å²) in [6.45, 7) is 0. The van der Waals surface area contributed by atoms with E-state index in [-0.39, 0.29) is 17.7 Å². The molecule has 2 aromatic carbocycles. The van der Waals surface area contributed by atoms with Gasteiger partial charge >= 0.3 is 0 Å². The highest BCUT2D eigenvalue weighted by atomic mass is 79.9. The quantitative estimate of drug-likeness (QED) is 0.793. The van der Waals surface area contributed by atoms with E-state index < -0.39 is 0 Å². The van der Waals surface area contributed by atoms with Crippen molar-refractivity contribution in [2.75, 3.05) is 7.05 Å². The van der Waals surface area contributed by atoms with Crippen molar-refractivity contribution in [1.82, 2.24) is 5.32 Å². The first-order valence-corrected chi connectivity index (χ1v) is 7.18. The standard InChI is InChI=1S/C14H11Br2F2N/c1-19-14(8-2-4-12(17)10(15)6-8)9-3-5-13(18)11(16)7-9/h2-7,14,19H,1H3. The largest absolute Gasteiger partial charge is 0.309 e. The number of benzene rings is 2. The number of halogens is 4. The smallest absolute Gasteiger partial charge is 0.137 e.